The largest absolute Gasteiger partial charge is 0.491 e. The minimum Gasteiger partial charge on any atom is -0.491 e. The predicted octanol–water partition coefficient (Wildman–Crippen LogP) is 2.28. The van der Waals surface area contributed by atoms with E-state index in [1.807, 2.05) is 43.0 Å². The zero-order valence-electron chi connectivity index (χ0n) is 12.3. The molecule has 4 heteroatoms. The van der Waals surface area contributed by atoms with E-state index in [0.717, 1.165) is 31.7 Å². The Morgan fingerprint density at radius 2 is 2.30 bits per heavy atom. The Morgan fingerprint density at radius 3 is 3.00 bits per heavy atom. The molecule has 1 aliphatic heterocycles. The third-order valence-corrected chi connectivity index (χ3v) is 3.60. The van der Waals surface area contributed by atoms with Crippen molar-refractivity contribution >= 4 is 5.91 Å². The molecule has 2 N–H and O–H groups in total. The van der Waals surface area contributed by atoms with Crippen LogP contribution in [0.15, 0.2) is 24.3 Å². The number of hydrogen-bond acceptors (Lipinski definition) is 3. The topological polar surface area (TPSA) is 55.6 Å². The monoisotopic (exact) mass is 276 g/mol. The number of hydrogen-bond donors (Lipinski definition) is 1. The number of benzene rings is 1. The average molecular weight is 276 g/mol. The van der Waals surface area contributed by atoms with Crippen molar-refractivity contribution < 1.29 is 9.53 Å². The molecule has 1 aromatic carbocycles. The molecule has 4 nitrogen and oxygen atoms in total. The molecule has 1 fully saturated rings. The molecular formula is C16H24N2O2. The highest BCUT2D eigenvalue weighted by Gasteiger charge is 2.26. The molecule has 0 aromatic heterocycles. The normalized spacial score (nSPS) is 18.6. The molecule has 1 heterocycles. The van der Waals surface area contributed by atoms with E-state index < -0.39 is 0 Å². The second kappa shape index (κ2) is 6.75. The van der Waals surface area contributed by atoms with Gasteiger partial charge in [0.15, 0.2) is 0 Å². The van der Waals surface area contributed by atoms with Crippen molar-refractivity contribution in [1.29, 1.82) is 0 Å². The molecule has 1 saturated heterocycles. The maximum Gasteiger partial charge on any atom is 0.253 e. The molecule has 1 amide bonds. The van der Waals surface area contributed by atoms with Crippen molar-refractivity contribution in [3.8, 4) is 5.75 Å². The average Bonchev–Trinajstić information content (AvgIpc) is 2.86. The van der Waals surface area contributed by atoms with Crippen molar-refractivity contribution in [2.75, 3.05) is 19.6 Å². The summed E-state index contributed by atoms with van der Waals surface area (Å²) < 4.78 is 5.64. The van der Waals surface area contributed by atoms with Gasteiger partial charge in [0.25, 0.3) is 5.91 Å². The second-order valence-corrected chi connectivity index (χ2v) is 5.68. The number of carbonyl (C=O) groups is 1. The van der Waals surface area contributed by atoms with Gasteiger partial charge in [0.2, 0.25) is 0 Å². The molecule has 0 bridgehead atoms. The SMILES string of the molecule is CC(C)Oc1cccc(C(=O)N2CCC(CCN)C2)c1. The van der Waals surface area contributed by atoms with Crippen LogP contribution in [0, 0.1) is 5.92 Å². The Kier molecular flexibility index (Phi) is 5.01. The Bertz CT molecular complexity index is 460. The zero-order valence-corrected chi connectivity index (χ0v) is 12.3. The summed E-state index contributed by atoms with van der Waals surface area (Å²) in [4.78, 5) is 14.4. The fraction of sp³-hybridized carbons (Fsp3) is 0.562. The molecule has 0 spiro atoms. The van der Waals surface area contributed by atoms with Gasteiger partial charge in [-0.1, -0.05) is 6.07 Å². The van der Waals surface area contributed by atoms with Crippen LogP contribution < -0.4 is 10.5 Å². The van der Waals surface area contributed by atoms with Crippen LogP contribution in [-0.2, 0) is 0 Å². The number of ether oxygens (including phenoxy) is 1. The van der Waals surface area contributed by atoms with Crippen LogP contribution in [0.5, 0.6) is 5.75 Å². The van der Waals surface area contributed by atoms with E-state index in [-0.39, 0.29) is 12.0 Å². The summed E-state index contributed by atoms with van der Waals surface area (Å²) in [7, 11) is 0. The fourth-order valence-electron chi connectivity index (χ4n) is 2.65. The van der Waals surface area contributed by atoms with Crippen LogP contribution in [-0.4, -0.2) is 36.5 Å². The van der Waals surface area contributed by atoms with Gasteiger partial charge >= 0.3 is 0 Å². The molecular weight excluding hydrogens is 252 g/mol. The van der Waals surface area contributed by atoms with E-state index in [1.54, 1.807) is 0 Å². The summed E-state index contributed by atoms with van der Waals surface area (Å²) in [6.07, 6.45) is 2.17. The number of rotatable bonds is 5. The van der Waals surface area contributed by atoms with Crippen LogP contribution >= 0.6 is 0 Å². The molecule has 0 aliphatic carbocycles. The van der Waals surface area contributed by atoms with E-state index >= 15 is 0 Å². The van der Waals surface area contributed by atoms with Crippen LogP contribution in [0.3, 0.4) is 0 Å². The lowest BCUT2D eigenvalue weighted by Gasteiger charge is -2.17. The molecule has 0 saturated carbocycles. The summed E-state index contributed by atoms with van der Waals surface area (Å²) >= 11 is 0. The number of nitrogens with zero attached hydrogens (tertiary/aromatic N) is 1. The number of likely N-dealkylation sites (tertiary alicyclic amines) is 1. The predicted molar refractivity (Wildman–Crippen MR) is 79.9 cm³/mol. The Balaban J connectivity index is 2.02. The Labute approximate surface area is 120 Å². The smallest absolute Gasteiger partial charge is 0.253 e. The highest BCUT2D eigenvalue weighted by molar-refractivity contribution is 5.94. The first-order valence-electron chi connectivity index (χ1n) is 7.36. The summed E-state index contributed by atoms with van der Waals surface area (Å²) in [6.45, 7) is 6.31. The summed E-state index contributed by atoms with van der Waals surface area (Å²) in [5.41, 5.74) is 6.29. The van der Waals surface area contributed by atoms with E-state index in [0.29, 0.717) is 18.0 Å². The molecule has 1 aliphatic rings. The van der Waals surface area contributed by atoms with Gasteiger partial charge in [0.1, 0.15) is 5.75 Å². The molecule has 2 rings (SSSR count). The third kappa shape index (κ3) is 3.73. The summed E-state index contributed by atoms with van der Waals surface area (Å²) in [5, 5.41) is 0. The minimum atomic E-state index is 0.0960. The standard InChI is InChI=1S/C16H24N2O2/c1-12(2)20-15-5-3-4-14(10-15)16(19)18-9-7-13(11-18)6-8-17/h3-5,10,12-13H,6-9,11,17H2,1-2H3. The first kappa shape index (κ1) is 14.9. The molecule has 20 heavy (non-hydrogen) atoms. The highest BCUT2D eigenvalue weighted by Crippen LogP contribution is 2.22. The fourth-order valence-corrected chi connectivity index (χ4v) is 2.65. The lowest BCUT2D eigenvalue weighted by molar-refractivity contribution is 0.0786. The van der Waals surface area contributed by atoms with Gasteiger partial charge < -0.3 is 15.4 Å². The van der Waals surface area contributed by atoms with Gasteiger partial charge in [0, 0.05) is 18.7 Å². The van der Waals surface area contributed by atoms with E-state index in [9.17, 15) is 4.79 Å². The maximum atomic E-state index is 12.5. The van der Waals surface area contributed by atoms with Gasteiger partial charge in [-0.25, -0.2) is 0 Å². The van der Waals surface area contributed by atoms with Crippen molar-refractivity contribution in [3.63, 3.8) is 0 Å². The van der Waals surface area contributed by atoms with Crippen molar-refractivity contribution in [3.05, 3.63) is 29.8 Å². The Morgan fingerprint density at radius 1 is 1.50 bits per heavy atom. The first-order valence-corrected chi connectivity index (χ1v) is 7.36. The summed E-state index contributed by atoms with van der Waals surface area (Å²) in [6, 6.07) is 7.45. The van der Waals surface area contributed by atoms with Crippen LogP contribution in [0.1, 0.15) is 37.0 Å². The van der Waals surface area contributed by atoms with Gasteiger partial charge in [-0.15, -0.1) is 0 Å². The number of amides is 1. The Hall–Kier alpha value is -1.55. The van der Waals surface area contributed by atoms with Gasteiger partial charge in [-0.3, -0.25) is 4.79 Å². The molecule has 1 atom stereocenters. The lowest BCUT2D eigenvalue weighted by atomic mass is 10.1. The van der Waals surface area contributed by atoms with Gasteiger partial charge in [0.05, 0.1) is 6.10 Å². The number of carbonyl (C=O) groups excluding carboxylic acids is 1. The molecule has 0 radical (unpaired) electrons. The quantitative estimate of drug-likeness (QED) is 0.897. The van der Waals surface area contributed by atoms with Crippen LogP contribution in [0.25, 0.3) is 0 Å². The minimum absolute atomic E-state index is 0.0960. The van der Waals surface area contributed by atoms with Crippen LogP contribution in [0.2, 0.25) is 0 Å². The van der Waals surface area contributed by atoms with E-state index in [4.69, 9.17) is 10.5 Å². The third-order valence-electron chi connectivity index (χ3n) is 3.60. The second-order valence-electron chi connectivity index (χ2n) is 5.68. The molecule has 1 unspecified atom stereocenters. The van der Waals surface area contributed by atoms with Crippen LogP contribution in [0.4, 0.5) is 0 Å². The lowest BCUT2D eigenvalue weighted by Crippen LogP contribution is -2.29. The number of nitrogens with two attached hydrogens (primary N) is 1. The van der Waals surface area contributed by atoms with Crippen molar-refractivity contribution in [2.24, 2.45) is 11.7 Å². The molecule has 110 valence electrons. The summed E-state index contributed by atoms with van der Waals surface area (Å²) in [5.74, 6) is 1.40. The van der Waals surface area contributed by atoms with Gasteiger partial charge in [-0.2, -0.15) is 0 Å². The molecule has 1 aromatic rings. The van der Waals surface area contributed by atoms with E-state index in [2.05, 4.69) is 0 Å². The maximum absolute atomic E-state index is 12.5. The van der Waals surface area contributed by atoms with Crippen molar-refractivity contribution in [1.82, 2.24) is 4.90 Å². The highest BCUT2D eigenvalue weighted by atomic mass is 16.5. The van der Waals surface area contributed by atoms with Gasteiger partial charge in [-0.05, 0) is 57.4 Å². The first-order chi connectivity index (χ1) is 9.60. The van der Waals surface area contributed by atoms with Crippen molar-refractivity contribution in [2.45, 2.75) is 32.8 Å². The zero-order chi connectivity index (χ0) is 14.5. The van der Waals surface area contributed by atoms with E-state index in [1.165, 1.54) is 0 Å².